The first-order valence-corrected chi connectivity index (χ1v) is 16.8. The molecule has 2 fully saturated rings. The third kappa shape index (κ3) is 7.18. The van der Waals surface area contributed by atoms with Gasteiger partial charge in [0.2, 0.25) is 5.88 Å². The van der Waals surface area contributed by atoms with Crippen molar-refractivity contribution in [1.29, 1.82) is 0 Å². The number of esters is 1. The topological polar surface area (TPSA) is 96.5 Å². The molecule has 3 aromatic heterocycles. The van der Waals surface area contributed by atoms with Crippen molar-refractivity contribution in [1.82, 2.24) is 29.2 Å². The minimum absolute atomic E-state index is 0.172. The summed E-state index contributed by atoms with van der Waals surface area (Å²) in [6.45, 7) is 13.2. The highest BCUT2D eigenvalue weighted by Crippen LogP contribution is 2.30. The van der Waals surface area contributed by atoms with Crippen molar-refractivity contribution >= 4 is 27.9 Å². The number of rotatable bonds is 10. The first kappa shape index (κ1) is 31.3. The highest BCUT2D eigenvalue weighted by molar-refractivity contribution is 5.94. The number of benzene rings is 2. The van der Waals surface area contributed by atoms with Crippen molar-refractivity contribution < 1.29 is 19.0 Å². The fraction of sp³-hybridized carbons (Fsp3) is 0.459. The van der Waals surface area contributed by atoms with Crippen molar-refractivity contribution in [3.05, 3.63) is 83.4 Å². The van der Waals surface area contributed by atoms with Gasteiger partial charge in [0.15, 0.2) is 0 Å². The third-order valence-corrected chi connectivity index (χ3v) is 9.09. The zero-order valence-electron chi connectivity index (χ0n) is 27.8. The number of hydrogen-bond acceptors (Lipinski definition) is 8. The van der Waals surface area contributed by atoms with E-state index in [9.17, 15) is 4.79 Å². The number of fused-ring (bicyclic) bond motifs is 2. The Balaban J connectivity index is 0.998. The fourth-order valence-electron chi connectivity index (χ4n) is 6.44. The molecule has 0 aliphatic carbocycles. The van der Waals surface area contributed by atoms with Gasteiger partial charge >= 0.3 is 5.97 Å². The predicted molar refractivity (Wildman–Crippen MR) is 180 cm³/mol. The number of pyridine rings is 1. The van der Waals surface area contributed by atoms with Crippen LogP contribution in [-0.4, -0.2) is 66.6 Å². The van der Waals surface area contributed by atoms with Crippen LogP contribution in [0.5, 0.6) is 5.88 Å². The van der Waals surface area contributed by atoms with E-state index in [0.717, 1.165) is 97.6 Å². The van der Waals surface area contributed by atoms with Crippen LogP contribution in [-0.2, 0) is 35.7 Å². The molecule has 5 aromatic rings. The number of nitrogens with zero attached hydrogens (tertiary/aromatic N) is 6. The van der Waals surface area contributed by atoms with Crippen molar-refractivity contribution in [3.63, 3.8) is 0 Å². The summed E-state index contributed by atoms with van der Waals surface area (Å²) in [6, 6.07) is 18.1. The van der Waals surface area contributed by atoms with Crippen LogP contribution in [0.2, 0.25) is 0 Å². The molecule has 5 heterocycles. The van der Waals surface area contributed by atoms with Crippen LogP contribution in [0.25, 0.3) is 21.9 Å². The van der Waals surface area contributed by atoms with E-state index < -0.39 is 5.60 Å². The minimum Gasteiger partial charge on any atom is -0.473 e. The molecule has 0 saturated carbocycles. The molecule has 10 heteroatoms. The van der Waals surface area contributed by atoms with Crippen LogP contribution in [0.4, 0.5) is 0 Å². The zero-order chi connectivity index (χ0) is 32.5. The molecule has 1 atom stereocenters. The molecule has 0 bridgehead atoms. The van der Waals surface area contributed by atoms with Gasteiger partial charge in [0.1, 0.15) is 18.0 Å². The molecule has 0 amide bonds. The van der Waals surface area contributed by atoms with E-state index in [0.29, 0.717) is 24.0 Å². The van der Waals surface area contributed by atoms with Gasteiger partial charge in [-0.3, -0.25) is 9.58 Å². The molecule has 2 saturated heterocycles. The number of likely N-dealkylation sites (tertiary alicyclic amines) is 1. The van der Waals surface area contributed by atoms with Gasteiger partial charge in [-0.2, -0.15) is 5.10 Å². The van der Waals surface area contributed by atoms with Crippen molar-refractivity contribution in [2.45, 2.75) is 90.8 Å². The second-order valence-electron chi connectivity index (χ2n) is 13.7. The Morgan fingerprint density at radius 1 is 1.00 bits per heavy atom. The molecule has 7 rings (SSSR count). The highest BCUT2D eigenvalue weighted by Gasteiger charge is 2.27. The zero-order valence-corrected chi connectivity index (χ0v) is 27.8. The lowest BCUT2D eigenvalue weighted by Crippen LogP contribution is -2.35. The third-order valence-electron chi connectivity index (χ3n) is 9.09. The van der Waals surface area contributed by atoms with Crippen LogP contribution >= 0.6 is 0 Å². The summed E-state index contributed by atoms with van der Waals surface area (Å²) >= 11 is 0. The smallest absolute Gasteiger partial charge is 0.338 e. The van der Waals surface area contributed by atoms with Crippen LogP contribution in [0.1, 0.15) is 80.3 Å². The Morgan fingerprint density at radius 2 is 1.83 bits per heavy atom. The average molecular weight is 637 g/mol. The molecule has 2 aliphatic rings. The number of piperidine rings is 1. The molecule has 47 heavy (non-hydrogen) atoms. The molecule has 0 N–H and O–H groups in total. The number of hydrogen-bond donors (Lipinski definition) is 0. The maximum Gasteiger partial charge on any atom is 0.338 e. The molecule has 2 aliphatic heterocycles. The van der Waals surface area contributed by atoms with E-state index in [-0.39, 0.29) is 12.1 Å². The fourth-order valence-corrected chi connectivity index (χ4v) is 6.44. The maximum absolute atomic E-state index is 12.9. The van der Waals surface area contributed by atoms with Crippen molar-refractivity contribution in [3.8, 4) is 5.88 Å². The quantitative estimate of drug-likeness (QED) is 0.160. The SMILES string of the molecule is CCn1cc2ccc(COc3cccc(C4CCN(Cc5nc6ccc(C(=O)OC(C)(C)C)cc6n5C[C@@H]5CCO5)CC4)n3)cc2n1. The number of carbonyl (C=O) groups is 1. The molecular formula is C37H44N6O4. The van der Waals surface area contributed by atoms with Gasteiger partial charge in [0.05, 0.1) is 41.3 Å². The molecule has 0 spiro atoms. The molecule has 246 valence electrons. The van der Waals surface area contributed by atoms with E-state index in [1.54, 1.807) is 0 Å². The van der Waals surface area contributed by atoms with Crippen LogP contribution in [0, 0.1) is 0 Å². The van der Waals surface area contributed by atoms with Gasteiger partial charge in [-0.1, -0.05) is 18.2 Å². The van der Waals surface area contributed by atoms with E-state index >= 15 is 0 Å². The van der Waals surface area contributed by atoms with Crippen LogP contribution in [0.3, 0.4) is 0 Å². The average Bonchev–Trinajstić information content (AvgIpc) is 3.61. The Labute approximate surface area is 275 Å². The number of aromatic nitrogens is 5. The van der Waals surface area contributed by atoms with Gasteiger partial charge in [-0.25, -0.2) is 14.8 Å². The lowest BCUT2D eigenvalue weighted by molar-refractivity contribution is -0.0592. The van der Waals surface area contributed by atoms with Gasteiger partial charge in [-0.05, 0) is 95.9 Å². The lowest BCUT2D eigenvalue weighted by Gasteiger charge is -2.32. The summed E-state index contributed by atoms with van der Waals surface area (Å²) in [5, 5.41) is 5.76. The largest absolute Gasteiger partial charge is 0.473 e. The number of aryl methyl sites for hydroxylation is 1. The summed E-state index contributed by atoms with van der Waals surface area (Å²) in [5.41, 5.74) is 4.97. The Morgan fingerprint density at radius 3 is 2.57 bits per heavy atom. The van der Waals surface area contributed by atoms with Crippen LogP contribution < -0.4 is 4.74 Å². The summed E-state index contributed by atoms with van der Waals surface area (Å²) < 4.78 is 21.8. The summed E-state index contributed by atoms with van der Waals surface area (Å²) in [4.78, 5) is 25.3. The van der Waals surface area contributed by atoms with Gasteiger partial charge in [0, 0.05) is 42.4 Å². The second-order valence-corrected chi connectivity index (χ2v) is 13.7. The lowest BCUT2D eigenvalue weighted by atomic mass is 9.93. The number of ether oxygens (including phenoxy) is 3. The number of carbonyl (C=O) groups excluding carboxylic acids is 1. The van der Waals surface area contributed by atoms with Crippen molar-refractivity contribution in [2.24, 2.45) is 0 Å². The predicted octanol–water partition coefficient (Wildman–Crippen LogP) is 6.50. The summed E-state index contributed by atoms with van der Waals surface area (Å²) in [6.07, 6.45) is 5.31. The molecular weight excluding hydrogens is 592 g/mol. The summed E-state index contributed by atoms with van der Waals surface area (Å²) in [5.74, 6) is 1.72. The maximum atomic E-state index is 12.9. The van der Waals surface area contributed by atoms with Crippen molar-refractivity contribution in [2.75, 3.05) is 19.7 Å². The minimum atomic E-state index is -0.553. The van der Waals surface area contributed by atoms with Gasteiger partial charge in [-0.15, -0.1) is 0 Å². The molecule has 0 radical (unpaired) electrons. The van der Waals surface area contributed by atoms with Gasteiger partial charge in [0.25, 0.3) is 0 Å². The van der Waals surface area contributed by atoms with E-state index in [1.165, 1.54) is 0 Å². The van der Waals surface area contributed by atoms with Gasteiger partial charge < -0.3 is 18.8 Å². The molecule has 0 unspecified atom stereocenters. The standard InChI is InChI=1S/C37H44N6O4/c1-5-42-21-28-10-9-25(19-32(28)40-42)24-46-35-8-6-7-30(39-35)26-13-16-41(17-14-26)23-34-38-31-12-11-27(36(44)47-37(2,3)4)20-33(31)43(34)22-29-15-18-45-29/h6-12,19-21,26,29H,5,13-18,22-24H2,1-4H3/t29-/m0/s1. The molecule has 10 nitrogen and oxygen atoms in total. The first-order chi connectivity index (χ1) is 22.7. The van der Waals surface area contributed by atoms with E-state index in [4.69, 9.17) is 24.2 Å². The monoisotopic (exact) mass is 636 g/mol. The van der Waals surface area contributed by atoms with Crippen LogP contribution in [0.15, 0.2) is 60.8 Å². The summed E-state index contributed by atoms with van der Waals surface area (Å²) in [7, 11) is 0. The normalized spacial score (nSPS) is 17.7. The molecule has 2 aromatic carbocycles. The van der Waals surface area contributed by atoms with E-state index in [1.807, 2.05) is 55.8 Å². The van der Waals surface area contributed by atoms with E-state index in [2.05, 4.69) is 52.0 Å². The number of imidazole rings is 1. The second kappa shape index (κ2) is 13.1. The highest BCUT2D eigenvalue weighted by atomic mass is 16.6. The first-order valence-electron chi connectivity index (χ1n) is 16.8. The Hall–Kier alpha value is -4.28. The Bertz CT molecular complexity index is 1880. The Kier molecular flexibility index (Phi) is 8.72.